The van der Waals surface area contributed by atoms with Gasteiger partial charge in [-0.05, 0) is 64.6 Å². The number of nitrogens with one attached hydrogen (secondary N) is 1. The van der Waals surface area contributed by atoms with Gasteiger partial charge in [-0.2, -0.15) is 0 Å². The SMILES string of the molecule is CNC(CCN(C)C)c1cccc(C)c1C. The van der Waals surface area contributed by atoms with E-state index >= 15 is 0 Å². The Hall–Kier alpha value is -0.860. The molecule has 0 radical (unpaired) electrons. The van der Waals surface area contributed by atoms with E-state index in [0.717, 1.165) is 13.0 Å². The average Bonchev–Trinajstić information content (AvgIpc) is 2.24. The van der Waals surface area contributed by atoms with Crippen molar-refractivity contribution in [1.82, 2.24) is 10.2 Å². The van der Waals surface area contributed by atoms with Crippen LogP contribution >= 0.6 is 0 Å². The Bertz CT molecular complexity index is 332. The van der Waals surface area contributed by atoms with Gasteiger partial charge in [0.2, 0.25) is 0 Å². The van der Waals surface area contributed by atoms with Gasteiger partial charge in [0, 0.05) is 6.04 Å². The molecular formula is C14H24N2. The molecule has 1 unspecified atom stereocenters. The number of benzene rings is 1. The van der Waals surface area contributed by atoms with Crippen molar-refractivity contribution in [2.24, 2.45) is 0 Å². The Morgan fingerprint density at radius 2 is 1.94 bits per heavy atom. The second-order valence-corrected chi connectivity index (χ2v) is 4.72. The number of rotatable bonds is 5. The molecular weight excluding hydrogens is 196 g/mol. The highest BCUT2D eigenvalue weighted by atomic mass is 15.1. The molecule has 0 fully saturated rings. The zero-order valence-corrected chi connectivity index (χ0v) is 11.2. The van der Waals surface area contributed by atoms with E-state index in [1.165, 1.54) is 16.7 Å². The molecule has 0 aromatic heterocycles. The number of hydrogen-bond donors (Lipinski definition) is 1. The summed E-state index contributed by atoms with van der Waals surface area (Å²) in [5, 5.41) is 3.42. The molecule has 0 aliphatic carbocycles. The number of nitrogens with zero attached hydrogens (tertiary/aromatic N) is 1. The maximum absolute atomic E-state index is 3.42. The Balaban J connectivity index is 2.82. The lowest BCUT2D eigenvalue weighted by atomic mass is 9.95. The summed E-state index contributed by atoms with van der Waals surface area (Å²) in [7, 11) is 6.29. The molecule has 1 rings (SSSR count). The molecule has 2 heteroatoms. The maximum atomic E-state index is 3.42. The van der Waals surface area contributed by atoms with Crippen LogP contribution in [0.3, 0.4) is 0 Å². The second kappa shape index (κ2) is 6.02. The van der Waals surface area contributed by atoms with E-state index in [-0.39, 0.29) is 0 Å². The first kappa shape index (κ1) is 13.2. The fourth-order valence-electron chi connectivity index (χ4n) is 1.99. The van der Waals surface area contributed by atoms with Crippen LogP contribution in [0.1, 0.15) is 29.2 Å². The van der Waals surface area contributed by atoms with Crippen LogP contribution in [0.4, 0.5) is 0 Å². The normalized spacial score (nSPS) is 13.1. The topological polar surface area (TPSA) is 15.3 Å². The second-order valence-electron chi connectivity index (χ2n) is 4.72. The van der Waals surface area contributed by atoms with Crippen molar-refractivity contribution in [3.8, 4) is 0 Å². The van der Waals surface area contributed by atoms with Gasteiger partial charge in [-0.3, -0.25) is 0 Å². The summed E-state index contributed by atoms with van der Waals surface area (Å²) >= 11 is 0. The van der Waals surface area contributed by atoms with E-state index < -0.39 is 0 Å². The van der Waals surface area contributed by atoms with Crippen molar-refractivity contribution >= 4 is 0 Å². The molecule has 0 saturated carbocycles. The monoisotopic (exact) mass is 220 g/mol. The third kappa shape index (κ3) is 3.32. The Labute approximate surface area is 99.7 Å². The van der Waals surface area contributed by atoms with Gasteiger partial charge < -0.3 is 10.2 Å². The molecule has 0 saturated heterocycles. The predicted octanol–water partition coefficient (Wildman–Crippen LogP) is 2.52. The van der Waals surface area contributed by atoms with Gasteiger partial charge in [-0.15, -0.1) is 0 Å². The molecule has 90 valence electrons. The van der Waals surface area contributed by atoms with Gasteiger partial charge >= 0.3 is 0 Å². The minimum atomic E-state index is 0.460. The molecule has 1 atom stereocenters. The molecule has 0 amide bonds. The van der Waals surface area contributed by atoms with Crippen LogP contribution in [-0.4, -0.2) is 32.6 Å². The third-order valence-corrected chi connectivity index (χ3v) is 3.24. The van der Waals surface area contributed by atoms with Gasteiger partial charge in [0.05, 0.1) is 0 Å². The van der Waals surface area contributed by atoms with E-state index in [1.54, 1.807) is 0 Å². The number of hydrogen-bond acceptors (Lipinski definition) is 2. The fourth-order valence-corrected chi connectivity index (χ4v) is 1.99. The van der Waals surface area contributed by atoms with E-state index in [2.05, 4.69) is 56.4 Å². The maximum Gasteiger partial charge on any atom is 0.0332 e. The van der Waals surface area contributed by atoms with Gasteiger partial charge in [-0.25, -0.2) is 0 Å². The Morgan fingerprint density at radius 3 is 2.50 bits per heavy atom. The van der Waals surface area contributed by atoms with Gasteiger partial charge in [0.1, 0.15) is 0 Å². The van der Waals surface area contributed by atoms with Crippen molar-refractivity contribution in [2.45, 2.75) is 26.3 Å². The molecule has 16 heavy (non-hydrogen) atoms. The standard InChI is InChI=1S/C14H24N2/c1-11-7-6-8-13(12(11)2)14(15-3)9-10-16(4)5/h6-8,14-15H,9-10H2,1-5H3. The van der Waals surface area contributed by atoms with Crippen LogP contribution in [0, 0.1) is 13.8 Å². The van der Waals surface area contributed by atoms with Crippen LogP contribution in [-0.2, 0) is 0 Å². The van der Waals surface area contributed by atoms with Gasteiger partial charge in [0.25, 0.3) is 0 Å². The molecule has 2 nitrogen and oxygen atoms in total. The summed E-state index contributed by atoms with van der Waals surface area (Å²) in [6, 6.07) is 7.02. The van der Waals surface area contributed by atoms with Crippen LogP contribution in [0.2, 0.25) is 0 Å². The lowest BCUT2D eigenvalue weighted by molar-refractivity contribution is 0.368. The molecule has 0 heterocycles. The van der Waals surface area contributed by atoms with E-state index in [0.29, 0.717) is 6.04 Å². The van der Waals surface area contributed by atoms with Crippen LogP contribution in [0.15, 0.2) is 18.2 Å². The molecule has 1 aromatic carbocycles. The summed E-state index contributed by atoms with van der Waals surface area (Å²) < 4.78 is 0. The minimum Gasteiger partial charge on any atom is -0.313 e. The quantitative estimate of drug-likeness (QED) is 0.820. The zero-order valence-electron chi connectivity index (χ0n) is 11.2. The first-order valence-corrected chi connectivity index (χ1v) is 5.94. The van der Waals surface area contributed by atoms with Gasteiger partial charge in [0.15, 0.2) is 0 Å². The lowest BCUT2D eigenvalue weighted by Crippen LogP contribution is -2.23. The largest absolute Gasteiger partial charge is 0.313 e. The van der Waals surface area contributed by atoms with E-state index in [9.17, 15) is 0 Å². The first-order chi connectivity index (χ1) is 7.56. The van der Waals surface area contributed by atoms with E-state index in [4.69, 9.17) is 0 Å². The van der Waals surface area contributed by atoms with Crippen molar-refractivity contribution in [1.29, 1.82) is 0 Å². The van der Waals surface area contributed by atoms with Crippen LogP contribution in [0.25, 0.3) is 0 Å². The van der Waals surface area contributed by atoms with Crippen LogP contribution in [0.5, 0.6) is 0 Å². The molecule has 1 N–H and O–H groups in total. The zero-order chi connectivity index (χ0) is 12.1. The predicted molar refractivity (Wildman–Crippen MR) is 70.9 cm³/mol. The van der Waals surface area contributed by atoms with E-state index in [1.807, 2.05) is 7.05 Å². The highest BCUT2D eigenvalue weighted by molar-refractivity contribution is 5.35. The molecule has 0 aliphatic heterocycles. The van der Waals surface area contributed by atoms with Crippen molar-refractivity contribution in [2.75, 3.05) is 27.7 Å². The summed E-state index contributed by atoms with van der Waals surface area (Å²) in [5.74, 6) is 0. The molecule has 0 aliphatic rings. The molecule has 0 bridgehead atoms. The summed E-state index contributed by atoms with van der Waals surface area (Å²) in [4.78, 5) is 2.23. The number of aryl methyl sites for hydroxylation is 1. The Kier molecular flexibility index (Phi) is 4.97. The summed E-state index contributed by atoms with van der Waals surface area (Å²) in [6.45, 7) is 5.50. The van der Waals surface area contributed by atoms with Crippen LogP contribution < -0.4 is 5.32 Å². The summed E-state index contributed by atoms with van der Waals surface area (Å²) in [5.41, 5.74) is 4.23. The van der Waals surface area contributed by atoms with Crippen molar-refractivity contribution < 1.29 is 0 Å². The summed E-state index contributed by atoms with van der Waals surface area (Å²) in [6.07, 6.45) is 1.15. The van der Waals surface area contributed by atoms with Crippen molar-refractivity contribution in [3.63, 3.8) is 0 Å². The molecule has 1 aromatic rings. The molecule has 0 spiro atoms. The average molecular weight is 220 g/mol. The lowest BCUT2D eigenvalue weighted by Gasteiger charge is -2.21. The smallest absolute Gasteiger partial charge is 0.0332 e. The highest BCUT2D eigenvalue weighted by Gasteiger charge is 2.12. The minimum absolute atomic E-state index is 0.460. The fraction of sp³-hybridized carbons (Fsp3) is 0.571. The Morgan fingerprint density at radius 1 is 1.25 bits per heavy atom. The van der Waals surface area contributed by atoms with Gasteiger partial charge in [-0.1, -0.05) is 18.2 Å². The first-order valence-electron chi connectivity index (χ1n) is 5.94. The third-order valence-electron chi connectivity index (χ3n) is 3.24. The highest BCUT2D eigenvalue weighted by Crippen LogP contribution is 2.22. The van der Waals surface area contributed by atoms with Crippen molar-refractivity contribution in [3.05, 3.63) is 34.9 Å².